The number of likely N-dealkylation sites (N-methyl/N-ethyl adjacent to an activating group) is 1. The van der Waals surface area contributed by atoms with Crippen molar-refractivity contribution < 1.29 is 19.1 Å². The molecule has 1 aromatic carbocycles. The van der Waals surface area contributed by atoms with Crippen LogP contribution in [0.25, 0.3) is 0 Å². The maximum absolute atomic E-state index is 12.1. The number of nitrogens with zero attached hydrogens (tertiary/aromatic N) is 3. The molecule has 0 spiro atoms. The molecular formula is C16H17N5O4S. The third-order valence-corrected chi connectivity index (χ3v) is 4.38. The summed E-state index contributed by atoms with van der Waals surface area (Å²) in [6.45, 7) is 1.68. The van der Waals surface area contributed by atoms with Crippen LogP contribution in [-0.4, -0.2) is 41.1 Å². The molecule has 10 heteroatoms. The molecule has 0 saturated carbocycles. The standard InChI is InChI=1S/C16H17N5O4S/c1-9-15(24)21(2)11-7-10(3-4-12(11)25-9)18-13(22)5-6-14(23)19-16-20-17-8-26-16/h3-4,7-9H,5-6H2,1-2H3,(H,18,22)(H,19,20,23). The van der Waals surface area contributed by atoms with Gasteiger partial charge in [-0.25, -0.2) is 0 Å². The second-order valence-corrected chi connectivity index (χ2v) is 6.51. The van der Waals surface area contributed by atoms with Crippen LogP contribution >= 0.6 is 11.3 Å². The molecule has 2 N–H and O–H groups in total. The first-order chi connectivity index (χ1) is 12.4. The zero-order valence-corrected chi connectivity index (χ0v) is 15.0. The van der Waals surface area contributed by atoms with E-state index in [1.807, 2.05) is 0 Å². The molecule has 1 aliphatic rings. The fourth-order valence-corrected chi connectivity index (χ4v) is 2.91. The number of anilines is 3. The molecule has 2 aromatic rings. The van der Waals surface area contributed by atoms with Gasteiger partial charge in [0, 0.05) is 25.6 Å². The molecule has 1 aliphatic heterocycles. The van der Waals surface area contributed by atoms with Crippen molar-refractivity contribution in [1.29, 1.82) is 0 Å². The summed E-state index contributed by atoms with van der Waals surface area (Å²) in [5.74, 6) is -0.199. The van der Waals surface area contributed by atoms with Crippen LogP contribution in [-0.2, 0) is 14.4 Å². The van der Waals surface area contributed by atoms with Crippen molar-refractivity contribution in [2.45, 2.75) is 25.9 Å². The molecule has 1 atom stereocenters. The number of fused-ring (bicyclic) bond motifs is 1. The van der Waals surface area contributed by atoms with E-state index in [0.29, 0.717) is 22.3 Å². The minimum Gasteiger partial charge on any atom is -0.479 e. The van der Waals surface area contributed by atoms with Gasteiger partial charge >= 0.3 is 0 Å². The topological polar surface area (TPSA) is 114 Å². The van der Waals surface area contributed by atoms with Crippen molar-refractivity contribution >= 4 is 45.6 Å². The predicted molar refractivity (Wildman–Crippen MR) is 96.3 cm³/mol. The molecule has 0 saturated heterocycles. The van der Waals surface area contributed by atoms with Gasteiger partial charge in [0.2, 0.25) is 16.9 Å². The monoisotopic (exact) mass is 375 g/mol. The first-order valence-corrected chi connectivity index (χ1v) is 8.76. The molecule has 136 valence electrons. The van der Waals surface area contributed by atoms with Gasteiger partial charge in [-0.2, -0.15) is 0 Å². The van der Waals surface area contributed by atoms with Gasteiger partial charge in [-0.3, -0.25) is 14.4 Å². The number of ether oxygens (including phenoxy) is 1. The van der Waals surface area contributed by atoms with E-state index in [0.717, 1.165) is 0 Å². The smallest absolute Gasteiger partial charge is 0.267 e. The Morgan fingerprint density at radius 1 is 1.27 bits per heavy atom. The summed E-state index contributed by atoms with van der Waals surface area (Å²) >= 11 is 1.20. The van der Waals surface area contributed by atoms with E-state index in [-0.39, 0.29) is 30.6 Å². The van der Waals surface area contributed by atoms with E-state index < -0.39 is 6.10 Å². The van der Waals surface area contributed by atoms with Crippen LogP contribution in [0.4, 0.5) is 16.5 Å². The number of benzene rings is 1. The summed E-state index contributed by atoms with van der Waals surface area (Å²) in [6, 6.07) is 5.05. The normalized spacial score (nSPS) is 15.8. The highest BCUT2D eigenvalue weighted by Crippen LogP contribution is 2.35. The third-order valence-electron chi connectivity index (χ3n) is 3.77. The Hall–Kier alpha value is -3.01. The first-order valence-electron chi connectivity index (χ1n) is 7.88. The van der Waals surface area contributed by atoms with E-state index >= 15 is 0 Å². The second kappa shape index (κ2) is 7.48. The summed E-state index contributed by atoms with van der Waals surface area (Å²) in [4.78, 5) is 37.3. The summed E-state index contributed by atoms with van der Waals surface area (Å²) in [5.41, 5.74) is 2.61. The van der Waals surface area contributed by atoms with E-state index in [2.05, 4.69) is 20.8 Å². The fourth-order valence-electron chi connectivity index (χ4n) is 2.45. The number of aromatic nitrogens is 2. The molecular weight excluding hydrogens is 358 g/mol. The van der Waals surface area contributed by atoms with Crippen molar-refractivity contribution in [3.8, 4) is 5.75 Å². The Labute approximate surface area is 153 Å². The lowest BCUT2D eigenvalue weighted by Crippen LogP contribution is -2.41. The lowest BCUT2D eigenvalue weighted by Gasteiger charge is -2.30. The minimum absolute atomic E-state index is 0.0179. The molecule has 1 unspecified atom stereocenters. The average molecular weight is 375 g/mol. The second-order valence-electron chi connectivity index (χ2n) is 5.68. The molecule has 9 nitrogen and oxygen atoms in total. The molecule has 0 aliphatic carbocycles. The van der Waals surface area contributed by atoms with E-state index in [1.54, 1.807) is 32.2 Å². The van der Waals surface area contributed by atoms with Gasteiger partial charge < -0.3 is 20.3 Å². The molecule has 1 aromatic heterocycles. The van der Waals surface area contributed by atoms with Gasteiger partial charge in [-0.15, -0.1) is 10.2 Å². The van der Waals surface area contributed by atoms with Crippen molar-refractivity contribution in [3.05, 3.63) is 23.7 Å². The van der Waals surface area contributed by atoms with Crippen LogP contribution in [0.15, 0.2) is 23.7 Å². The van der Waals surface area contributed by atoms with Crippen molar-refractivity contribution in [2.75, 3.05) is 22.6 Å². The highest BCUT2D eigenvalue weighted by Gasteiger charge is 2.29. The molecule has 3 rings (SSSR count). The zero-order valence-electron chi connectivity index (χ0n) is 14.2. The maximum atomic E-state index is 12.1. The van der Waals surface area contributed by atoms with E-state index in [9.17, 15) is 14.4 Å². The van der Waals surface area contributed by atoms with Crippen LogP contribution in [0.2, 0.25) is 0 Å². The Morgan fingerprint density at radius 3 is 2.69 bits per heavy atom. The molecule has 0 fully saturated rings. The summed E-state index contributed by atoms with van der Waals surface area (Å²) in [6.07, 6.45) is -0.501. The van der Waals surface area contributed by atoms with E-state index in [1.165, 1.54) is 21.7 Å². The van der Waals surface area contributed by atoms with Crippen molar-refractivity contribution in [3.63, 3.8) is 0 Å². The van der Waals surface area contributed by atoms with Crippen LogP contribution in [0.3, 0.4) is 0 Å². The van der Waals surface area contributed by atoms with Gasteiger partial charge in [0.15, 0.2) is 6.10 Å². The molecule has 0 radical (unpaired) electrons. The number of hydrogen-bond acceptors (Lipinski definition) is 7. The van der Waals surface area contributed by atoms with Gasteiger partial charge in [0.25, 0.3) is 5.91 Å². The van der Waals surface area contributed by atoms with Gasteiger partial charge in [0.05, 0.1) is 5.69 Å². The predicted octanol–water partition coefficient (Wildman–Crippen LogP) is 1.64. The number of amides is 3. The highest BCUT2D eigenvalue weighted by molar-refractivity contribution is 7.13. The quantitative estimate of drug-likeness (QED) is 0.821. The maximum Gasteiger partial charge on any atom is 0.267 e. The average Bonchev–Trinajstić information content (AvgIpc) is 3.11. The van der Waals surface area contributed by atoms with Crippen LogP contribution in [0.1, 0.15) is 19.8 Å². The Morgan fingerprint density at radius 2 is 2.00 bits per heavy atom. The highest BCUT2D eigenvalue weighted by atomic mass is 32.1. The van der Waals surface area contributed by atoms with Crippen LogP contribution in [0.5, 0.6) is 5.75 Å². The molecule has 0 bridgehead atoms. The third kappa shape index (κ3) is 3.97. The number of nitrogens with one attached hydrogen (secondary N) is 2. The Balaban J connectivity index is 1.56. The van der Waals surface area contributed by atoms with Gasteiger partial charge in [-0.05, 0) is 25.1 Å². The number of rotatable bonds is 5. The lowest BCUT2D eigenvalue weighted by molar-refractivity contribution is -0.125. The zero-order chi connectivity index (χ0) is 18.7. The van der Waals surface area contributed by atoms with Gasteiger partial charge in [-0.1, -0.05) is 11.3 Å². The molecule has 26 heavy (non-hydrogen) atoms. The van der Waals surface area contributed by atoms with Crippen molar-refractivity contribution in [1.82, 2.24) is 10.2 Å². The summed E-state index contributed by atoms with van der Waals surface area (Å²) in [7, 11) is 1.66. The number of carbonyl (C=O) groups excluding carboxylic acids is 3. The molecule has 2 heterocycles. The summed E-state index contributed by atoms with van der Waals surface area (Å²) in [5, 5.41) is 13.0. The summed E-state index contributed by atoms with van der Waals surface area (Å²) < 4.78 is 5.54. The number of hydrogen-bond donors (Lipinski definition) is 2. The Kier molecular flexibility index (Phi) is 5.12. The largest absolute Gasteiger partial charge is 0.479 e. The first kappa shape index (κ1) is 17.8. The van der Waals surface area contributed by atoms with Crippen LogP contribution < -0.4 is 20.3 Å². The fraction of sp³-hybridized carbons (Fsp3) is 0.312. The van der Waals surface area contributed by atoms with Crippen molar-refractivity contribution in [2.24, 2.45) is 0 Å². The van der Waals surface area contributed by atoms with Crippen LogP contribution in [0, 0.1) is 0 Å². The van der Waals surface area contributed by atoms with E-state index in [4.69, 9.17) is 4.74 Å². The lowest BCUT2D eigenvalue weighted by atomic mass is 10.1. The number of carbonyl (C=O) groups is 3. The minimum atomic E-state index is -0.542. The molecule has 3 amide bonds. The van der Waals surface area contributed by atoms with Gasteiger partial charge in [0.1, 0.15) is 11.3 Å². The Bertz CT molecular complexity index is 839. The SMILES string of the molecule is CC1Oc2ccc(NC(=O)CCC(=O)Nc3nncs3)cc2N(C)C1=O.